The van der Waals surface area contributed by atoms with E-state index in [2.05, 4.69) is 5.32 Å². The van der Waals surface area contributed by atoms with Crippen molar-refractivity contribution in [2.45, 2.75) is 39.5 Å². The van der Waals surface area contributed by atoms with Crippen molar-refractivity contribution in [1.29, 1.82) is 0 Å². The molecule has 2 amide bonds. The number of fused-ring (bicyclic) bond motifs is 1. The first-order valence-corrected chi connectivity index (χ1v) is 12.8. The van der Waals surface area contributed by atoms with Crippen molar-refractivity contribution in [3.63, 3.8) is 0 Å². The van der Waals surface area contributed by atoms with E-state index >= 15 is 0 Å². The Labute approximate surface area is 206 Å². The van der Waals surface area contributed by atoms with E-state index in [-0.39, 0.29) is 19.1 Å². The van der Waals surface area contributed by atoms with E-state index in [1.165, 1.54) is 28.0 Å². The highest BCUT2D eigenvalue weighted by atomic mass is 32.2. The van der Waals surface area contributed by atoms with Crippen LogP contribution in [0, 0.1) is 6.92 Å². The molecule has 1 aromatic heterocycles. The Balaban J connectivity index is 1.49. The summed E-state index contributed by atoms with van der Waals surface area (Å²) >= 11 is 7.97. The predicted octanol–water partition coefficient (Wildman–Crippen LogP) is 4.95. The van der Waals surface area contributed by atoms with Gasteiger partial charge in [-0.3, -0.25) is 14.5 Å². The van der Waals surface area contributed by atoms with E-state index in [0.29, 0.717) is 19.8 Å². The summed E-state index contributed by atoms with van der Waals surface area (Å²) in [6.07, 6.45) is 5.54. The zero-order valence-electron chi connectivity index (χ0n) is 18.4. The van der Waals surface area contributed by atoms with Gasteiger partial charge in [-0.15, -0.1) is 11.3 Å². The second-order valence-electron chi connectivity index (χ2n) is 7.86. The highest BCUT2D eigenvalue weighted by Gasteiger charge is 2.34. The molecule has 9 heteroatoms. The average molecular weight is 501 g/mol. The first-order chi connectivity index (χ1) is 15.9. The van der Waals surface area contributed by atoms with Gasteiger partial charge >= 0.3 is 5.97 Å². The van der Waals surface area contributed by atoms with E-state index in [1.807, 2.05) is 31.2 Å². The minimum Gasteiger partial charge on any atom is -0.462 e. The molecule has 1 saturated heterocycles. The Kier molecular flexibility index (Phi) is 7.31. The molecule has 0 bridgehead atoms. The van der Waals surface area contributed by atoms with Crippen molar-refractivity contribution in [2.75, 3.05) is 18.5 Å². The number of nitrogens with one attached hydrogen (secondary N) is 1. The number of thiophene rings is 1. The van der Waals surface area contributed by atoms with E-state index in [0.717, 1.165) is 47.3 Å². The van der Waals surface area contributed by atoms with Crippen LogP contribution < -0.4 is 5.32 Å². The number of aryl methyl sites for hydroxylation is 2. The number of carbonyl (C=O) groups is 3. The molecule has 2 heterocycles. The molecular weight excluding hydrogens is 476 g/mol. The van der Waals surface area contributed by atoms with Crippen LogP contribution in [0.25, 0.3) is 6.08 Å². The summed E-state index contributed by atoms with van der Waals surface area (Å²) in [4.78, 5) is 41.3. The maximum atomic E-state index is 12.9. The molecule has 1 aromatic carbocycles. The maximum Gasteiger partial charge on any atom is 0.341 e. The van der Waals surface area contributed by atoms with Gasteiger partial charge in [0, 0.05) is 4.88 Å². The molecule has 1 fully saturated rings. The molecular formula is C24H24N2O4S3. The number of esters is 1. The fourth-order valence-corrected chi connectivity index (χ4v) is 6.38. The molecule has 0 radical (unpaired) electrons. The Morgan fingerprint density at radius 2 is 1.94 bits per heavy atom. The predicted molar refractivity (Wildman–Crippen MR) is 137 cm³/mol. The van der Waals surface area contributed by atoms with Gasteiger partial charge in [0.05, 0.1) is 17.1 Å². The van der Waals surface area contributed by atoms with Crippen molar-refractivity contribution in [3.8, 4) is 0 Å². The Morgan fingerprint density at radius 3 is 2.67 bits per heavy atom. The first kappa shape index (κ1) is 23.7. The number of hydrogen-bond acceptors (Lipinski definition) is 7. The highest BCUT2D eigenvalue weighted by molar-refractivity contribution is 8.26. The topological polar surface area (TPSA) is 75.7 Å². The van der Waals surface area contributed by atoms with E-state index < -0.39 is 11.9 Å². The monoisotopic (exact) mass is 500 g/mol. The van der Waals surface area contributed by atoms with Gasteiger partial charge in [-0.25, -0.2) is 4.79 Å². The third-order valence-corrected chi connectivity index (χ3v) is 8.04. The average Bonchev–Trinajstić information content (AvgIpc) is 3.27. The lowest BCUT2D eigenvalue weighted by Gasteiger charge is -2.14. The van der Waals surface area contributed by atoms with Gasteiger partial charge in [0.15, 0.2) is 0 Å². The number of ether oxygens (including phenoxy) is 1. The molecule has 0 spiro atoms. The van der Waals surface area contributed by atoms with Gasteiger partial charge in [-0.2, -0.15) is 0 Å². The zero-order chi connectivity index (χ0) is 23.5. The van der Waals surface area contributed by atoms with Crippen LogP contribution in [0.4, 0.5) is 5.00 Å². The third kappa shape index (κ3) is 5.20. The minimum absolute atomic E-state index is 0.208. The molecule has 4 rings (SSSR count). The lowest BCUT2D eigenvalue weighted by molar-refractivity contribution is -0.126. The minimum atomic E-state index is -0.418. The number of carbonyl (C=O) groups excluding carboxylic acids is 3. The van der Waals surface area contributed by atoms with Gasteiger partial charge in [0.2, 0.25) is 5.91 Å². The van der Waals surface area contributed by atoms with Crippen LogP contribution >= 0.6 is 35.3 Å². The molecule has 6 nitrogen and oxygen atoms in total. The lowest BCUT2D eigenvalue weighted by atomic mass is 9.95. The van der Waals surface area contributed by atoms with Crippen molar-refractivity contribution < 1.29 is 19.1 Å². The molecule has 33 heavy (non-hydrogen) atoms. The fraction of sp³-hybridized carbons (Fsp3) is 0.333. The number of thioether (sulfide) groups is 1. The van der Waals surface area contributed by atoms with Gasteiger partial charge in [-0.05, 0) is 56.7 Å². The molecule has 1 aliphatic carbocycles. The molecule has 0 saturated carbocycles. The van der Waals surface area contributed by atoms with E-state index in [4.69, 9.17) is 17.0 Å². The van der Waals surface area contributed by atoms with Crippen molar-refractivity contribution in [2.24, 2.45) is 0 Å². The summed E-state index contributed by atoms with van der Waals surface area (Å²) in [5.74, 6) is -1.11. The van der Waals surface area contributed by atoms with Crippen molar-refractivity contribution in [1.82, 2.24) is 4.90 Å². The number of rotatable bonds is 6. The SMILES string of the molecule is CCOC(=O)c1c(NC(=O)CN2C(=O)/C(=C/c3ccc(C)cc3)SC2=S)sc2c1CCCC2. The number of thiocarbonyl (C=S) groups is 1. The molecule has 1 N–H and O–H groups in total. The highest BCUT2D eigenvalue weighted by Crippen LogP contribution is 2.39. The largest absolute Gasteiger partial charge is 0.462 e. The summed E-state index contributed by atoms with van der Waals surface area (Å²) < 4.78 is 5.58. The Morgan fingerprint density at radius 1 is 1.21 bits per heavy atom. The van der Waals surface area contributed by atoms with Crippen molar-refractivity contribution in [3.05, 3.63) is 56.3 Å². The van der Waals surface area contributed by atoms with Crippen LogP contribution in [0.5, 0.6) is 0 Å². The summed E-state index contributed by atoms with van der Waals surface area (Å²) in [7, 11) is 0. The van der Waals surface area contributed by atoms with Gasteiger partial charge < -0.3 is 10.1 Å². The van der Waals surface area contributed by atoms with Gasteiger partial charge in [0.25, 0.3) is 5.91 Å². The van der Waals surface area contributed by atoms with Crippen molar-refractivity contribution >= 4 is 68.5 Å². The summed E-state index contributed by atoms with van der Waals surface area (Å²) in [5.41, 5.74) is 3.46. The first-order valence-electron chi connectivity index (χ1n) is 10.8. The van der Waals surface area contributed by atoms with Crippen LogP contribution in [-0.4, -0.2) is 40.2 Å². The summed E-state index contributed by atoms with van der Waals surface area (Å²) in [5, 5.41) is 3.33. The van der Waals surface area contributed by atoms with Crippen LogP contribution in [0.3, 0.4) is 0 Å². The number of anilines is 1. The molecule has 0 atom stereocenters. The number of benzene rings is 1. The summed E-state index contributed by atoms with van der Waals surface area (Å²) in [6, 6.07) is 7.82. The van der Waals surface area contributed by atoms with Crippen LogP contribution in [0.2, 0.25) is 0 Å². The van der Waals surface area contributed by atoms with Gasteiger partial charge in [0.1, 0.15) is 15.9 Å². The smallest absolute Gasteiger partial charge is 0.341 e. The van der Waals surface area contributed by atoms with E-state index in [1.54, 1.807) is 13.0 Å². The lowest BCUT2D eigenvalue weighted by Crippen LogP contribution is -2.36. The fourth-order valence-electron chi connectivity index (χ4n) is 3.83. The standard InChI is InChI=1S/C24H24N2O4S3/c1-3-30-23(29)20-16-6-4-5-7-17(16)32-21(20)25-19(27)13-26-22(28)18(33-24(26)31)12-15-10-8-14(2)9-11-15/h8-12H,3-7,13H2,1-2H3,(H,25,27)/b18-12-. The molecule has 0 unspecified atom stereocenters. The molecule has 1 aliphatic heterocycles. The second-order valence-corrected chi connectivity index (χ2v) is 10.6. The molecule has 2 aromatic rings. The Bertz CT molecular complexity index is 1150. The second kappa shape index (κ2) is 10.2. The molecule has 2 aliphatic rings. The normalized spacial score (nSPS) is 16.8. The van der Waals surface area contributed by atoms with Crippen LogP contribution in [0.15, 0.2) is 29.2 Å². The summed E-state index contributed by atoms with van der Waals surface area (Å²) in [6.45, 7) is 3.81. The Hall–Kier alpha value is -2.49. The van der Waals surface area contributed by atoms with E-state index in [9.17, 15) is 14.4 Å². The quantitative estimate of drug-likeness (QED) is 0.344. The molecule has 172 valence electrons. The van der Waals surface area contributed by atoms with Gasteiger partial charge in [-0.1, -0.05) is 53.8 Å². The maximum absolute atomic E-state index is 12.9. The van der Waals surface area contributed by atoms with Crippen LogP contribution in [0.1, 0.15) is 51.7 Å². The zero-order valence-corrected chi connectivity index (χ0v) is 20.9. The number of amides is 2. The number of hydrogen-bond donors (Lipinski definition) is 1. The third-order valence-electron chi connectivity index (χ3n) is 5.45. The van der Waals surface area contributed by atoms with Crippen LogP contribution in [-0.2, 0) is 27.2 Å². The number of nitrogens with zero attached hydrogens (tertiary/aromatic N) is 1.